The molecular weight excluding hydrogens is 639 g/mol. The first-order valence-electron chi connectivity index (χ1n) is 14.9. The molecule has 2 aromatic heterocycles. The lowest BCUT2D eigenvalue weighted by Gasteiger charge is -2.19. The minimum Gasteiger partial charge on any atom is -0.467 e. The van der Waals surface area contributed by atoms with E-state index >= 15 is 0 Å². The smallest absolute Gasteiger partial charge is 0.417 e. The van der Waals surface area contributed by atoms with Crippen LogP contribution in [0.15, 0.2) is 90.1 Å². The Hall–Kier alpha value is -6.16. The van der Waals surface area contributed by atoms with E-state index in [1.54, 1.807) is 24.4 Å². The molecule has 13 heteroatoms. The van der Waals surface area contributed by atoms with Gasteiger partial charge in [0.2, 0.25) is 0 Å². The highest BCUT2D eigenvalue weighted by Crippen LogP contribution is 2.34. The van der Waals surface area contributed by atoms with Crippen LogP contribution in [0.4, 0.5) is 13.2 Å². The molecule has 2 heterocycles. The van der Waals surface area contributed by atoms with Crippen molar-refractivity contribution in [1.29, 1.82) is 5.26 Å². The molecule has 5 aromatic rings. The van der Waals surface area contributed by atoms with Gasteiger partial charge in [-0.05, 0) is 79.1 Å². The van der Waals surface area contributed by atoms with Crippen LogP contribution in [0, 0.1) is 25.2 Å². The Kier molecular flexibility index (Phi) is 9.98. The predicted molar refractivity (Wildman–Crippen MR) is 173 cm³/mol. The van der Waals surface area contributed by atoms with Crippen molar-refractivity contribution in [1.82, 2.24) is 19.9 Å². The zero-order valence-electron chi connectivity index (χ0n) is 26.6. The number of rotatable bonds is 10. The van der Waals surface area contributed by atoms with Gasteiger partial charge in [-0.1, -0.05) is 29.8 Å². The highest BCUT2D eigenvalue weighted by atomic mass is 19.4. The number of aromatic nitrogens is 3. The topological polar surface area (TPSA) is 139 Å². The number of nitrogens with one attached hydrogen (secondary N) is 2. The van der Waals surface area contributed by atoms with Crippen LogP contribution < -0.4 is 15.6 Å². The summed E-state index contributed by atoms with van der Waals surface area (Å²) >= 11 is 0. The van der Waals surface area contributed by atoms with E-state index in [0.717, 1.165) is 21.8 Å². The molecule has 0 spiro atoms. The number of benzene rings is 3. The summed E-state index contributed by atoms with van der Waals surface area (Å²) in [5, 5.41) is 12.2. The number of ether oxygens (including phenoxy) is 2. The number of carbonyl (C=O) groups is 2. The van der Waals surface area contributed by atoms with Crippen LogP contribution in [-0.2, 0) is 28.7 Å². The molecule has 0 aliphatic rings. The molecule has 0 bridgehead atoms. The second-order valence-corrected chi connectivity index (χ2v) is 11.2. The first-order chi connectivity index (χ1) is 23.4. The van der Waals surface area contributed by atoms with Gasteiger partial charge in [0.25, 0.3) is 11.5 Å². The van der Waals surface area contributed by atoms with Crippen molar-refractivity contribution in [2.75, 3.05) is 7.11 Å². The second kappa shape index (κ2) is 14.3. The number of halogens is 3. The van der Waals surface area contributed by atoms with Crippen molar-refractivity contribution in [3.63, 3.8) is 0 Å². The Morgan fingerprint density at radius 3 is 2.43 bits per heavy atom. The number of nitriles is 1. The third kappa shape index (κ3) is 7.87. The molecule has 3 aromatic carbocycles. The van der Waals surface area contributed by atoms with E-state index in [4.69, 9.17) is 9.47 Å². The van der Waals surface area contributed by atoms with Crippen LogP contribution in [0.1, 0.15) is 43.9 Å². The number of aryl methyl sites for hydroxylation is 2. The van der Waals surface area contributed by atoms with E-state index in [0.29, 0.717) is 17.0 Å². The van der Waals surface area contributed by atoms with Crippen molar-refractivity contribution >= 4 is 11.9 Å². The maximum atomic E-state index is 14.0. The molecule has 49 heavy (non-hydrogen) atoms. The van der Waals surface area contributed by atoms with Gasteiger partial charge in [0, 0.05) is 18.2 Å². The molecule has 0 fully saturated rings. The monoisotopic (exact) mass is 669 g/mol. The van der Waals surface area contributed by atoms with Crippen LogP contribution >= 0.6 is 0 Å². The van der Waals surface area contributed by atoms with Gasteiger partial charge >= 0.3 is 12.1 Å². The Morgan fingerprint density at radius 1 is 1.04 bits per heavy atom. The lowest BCUT2D eigenvalue weighted by Crippen LogP contribution is -2.43. The fourth-order valence-corrected chi connectivity index (χ4v) is 5.29. The third-order valence-corrected chi connectivity index (χ3v) is 7.79. The Balaban J connectivity index is 1.42. The highest BCUT2D eigenvalue weighted by Gasteiger charge is 2.36. The lowest BCUT2D eigenvalue weighted by molar-refractivity contribution is -0.143. The normalized spacial score (nSPS) is 11.8. The van der Waals surface area contributed by atoms with E-state index in [1.807, 2.05) is 26.0 Å². The van der Waals surface area contributed by atoms with Crippen molar-refractivity contribution < 1.29 is 32.2 Å². The van der Waals surface area contributed by atoms with Crippen LogP contribution in [0.3, 0.4) is 0 Å². The number of H-pyrrole nitrogens is 1. The van der Waals surface area contributed by atoms with Gasteiger partial charge in [0.05, 0.1) is 36.9 Å². The van der Waals surface area contributed by atoms with Crippen molar-refractivity contribution in [2.24, 2.45) is 0 Å². The van der Waals surface area contributed by atoms with Gasteiger partial charge in [0.15, 0.2) is 0 Å². The van der Waals surface area contributed by atoms with Crippen molar-refractivity contribution in [3.05, 3.63) is 135 Å². The van der Waals surface area contributed by atoms with Crippen LogP contribution in [0.25, 0.3) is 11.3 Å². The average Bonchev–Trinajstić information content (AvgIpc) is 3.59. The van der Waals surface area contributed by atoms with Gasteiger partial charge in [-0.2, -0.15) is 18.4 Å². The summed E-state index contributed by atoms with van der Waals surface area (Å²) < 4.78 is 54.0. The summed E-state index contributed by atoms with van der Waals surface area (Å²) in [4.78, 5) is 45.6. The third-order valence-electron chi connectivity index (χ3n) is 7.79. The fourth-order valence-electron chi connectivity index (χ4n) is 5.29. The van der Waals surface area contributed by atoms with Gasteiger partial charge in [-0.15, -0.1) is 0 Å². The maximum Gasteiger partial charge on any atom is 0.417 e. The SMILES string of the molecule is COC(=O)[C@@H](Cc1c[nH]cn1)NC(=O)c1cccc(Oc2ccc(-c3cc(C(F)(F)F)c(C#N)c(=O)n3Cc3ccc(C)cc3C)cc2)c1. The zero-order chi connectivity index (χ0) is 35.3. The first kappa shape index (κ1) is 34.2. The van der Waals surface area contributed by atoms with Crippen LogP contribution in [0.5, 0.6) is 11.5 Å². The number of esters is 1. The standard InChI is InChI=1S/C36H30F3N5O5/c1-21-7-8-25(22(2)13-21)19-44-32(16-30(36(37,38)39)29(17-40)34(44)46)23-9-11-27(12-10-23)49-28-6-4-5-24(14-28)33(45)43-31(35(47)48-3)15-26-18-41-20-42-26/h4-14,16,18,20,31H,15,19H2,1-3H3,(H,41,42)(H,43,45)/t31-/m1/s1. The molecule has 0 aliphatic carbocycles. The molecule has 250 valence electrons. The van der Waals surface area contributed by atoms with Gasteiger partial charge < -0.3 is 24.3 Å². The average molecular weight is 670 g/mol. The Bertz CT molecular complexity index is 2100. The van der Waals surface area contributed by atoms with Gasteiger partial charge in [-0.25, -0.2) is 9.78 Å². The number of amides is 1. The number of aromatic amines is 1. The lowest BCUT2D eigenvalue weighted by atomic mass is 10.0. The van der Waals surface area contributed by atoms with Gasteiger partial charge in [-0.3, -0.25) is 9.59 Å². The fraction of sp³-hybridized carbons (Fsp3) is 0.194. The first-order valence-corrected chi connectivity index (χ1v) is 14.9. The number of alkyl halides is 3. The maximum absolute atomic E-state index is 14.0. The molecular formula is C36H30F3N5O5. The molecule has 2 N–H and O–H groups in total. The van der Waals surface area contributed by atoms with Crippen molar-refractivity contribution in [2.45, 2.75) is 39.0 Å². The largest absolute Gasteiger partial charge is 0.467 e. The quantitative estimate of drug-likeness (QED) is 0.171. The summed E-state index contributed by atoms with van der Waals surface area (Å²) in [6.07, 6.45) is -1.78. The molecule has 0 unspecified atom stereocenters. The molecule has 0 aliphatic heterocycles. The van der Waals surface area contributed by atoms with Crippen LogP contribution in [0.2, 0.25) is 0 Å². The highest BCUT2D eigenvalue weighted by molar-refractivity contribution is 5.97. The number of hydrogen-bond acceptors (Lipinski definition) is 7. The summed E-state index contributed by atoms with van der Waals surface area (Å²) in [5.74, 6) is -0.644. The molecule has 1 atom stereocenters. The number of carbonyl (C=O) groups excluding carboxylic acids is 2. The van der Waals surface area contributed by atoms with E-state index in [1.165, 1.54) is 55.9 Å². The molecule has 0 saturated heterocycles. The molecule has 10 nitrogen and oxygen atoms in total. The molecule has 1 amide bonds. The van der Waals surface area contributed by atoms with E-state index in [-0.39, 0.29) is 35.5 Å². The zero-order valence-corrected chi connectivity index (χ0v) is 26.6. The number of hydrogen-bond donors (Lipinski definition) is 2. The van der Waals surface area contributed by atoms with E-state index in [9.17, 15) is 32.8 Å². The van der Waals surface area contributed by atoms with Crippen LogP contribution in [-0.4, -0.2) is 39.6 Å². The minimum absolute atomic E-state index is 0.0310. The summed E-state index contributed by atoms with van der Waals surface area (Å²) in [7, 11) is 1.21. The summed E-state index contributed by atoms with van der Waals surface area (Å²) in [5.41, 5.74) is 0.171. The Morgan fingerprint density at radius 2 is 1.80 bits per heavy atom. The summed E-state index contributed by atoms with van der Waals surface area (Å²) in [6, 6.07) is 19.0. The number of nitrogens with zero attached hydrogens (tertiary/aromatic N) is 3. The van der Waals surface area contributed by atoms with Gasteiger partial charge in [0.1, 0.15) is 29.2 Å². The Labute approximate surface area is 278 Å². The predicted octanol–water partition coefficient (Wildman–Crippen LogP) is 6.10. The minimum atomic E-state index is -4.94. The van der Waals surface area contributed by atoms with E-state index in [2.05, 4.69) is 15.3 Å². The summed E-state index contributed by atoms with van der Waals surface area (Å²) in [6.45, 7) is 3.68. The molecule has 0 saturated carbocycles. The number of pyridine rings is 1. The van der Waals surface area contributed by atoms with Crippen molar-refractivity contribution in [3.8, 4) is 28.8 Å². The second-order valence-electron chi connectivity index (χ2n) is 11.2. The number of imidazole rings is 1. The molecule has 5 rings (SSSR count). The molecule has 0 radical (unpaired) electrons. The number of methoxy groups -OCH3 is 1. The van der Waals surface area contributed by atoms with E-state index < -0.39 is 40.8 Å².